The summed E-state index contributed by atoms with van der Waals surface area (Å²) in [4.78, 5) is 0. The van der Waals surface area contributed by atoms with Crippen LogP contribution >= 0.6 is 0 Å². The molecule has 0 amide bonds. The van der Waals surface area contributed by atoms with Crippen molar-refractivity contribution >= 4 is 0 Å². The molecule has 0 nitrogen and oxygen atoms in total. The predicted octanol–water partition coefficient (Wildman–Crippen LogP) is 2.72. The van der Waals surface area contributed by atoms with E-state index >= 15 is 0 Å². The zero-order valence-corrected chi connectivity index (χ0v) is 6.08. The molecule has 0 rings (SSSR count). The quantitative estimate of drug-likeness (QED) is 0.359. The van der Waals surface area contributed by atoms with E-state index < -0.39 is 0 Å². The molecule has 0 spiro atoms. The summed E-state index contributed by atoms with van der Waals surface area (Å²) in [6.45, 7) is 8.12. The van der Waals surface area contributed by atoms with Gasteiger partial charge in [0, 0.05) is 13.8 Å². The van der Waals surface area contributed by atoms with Gasteiger partial charge in [0.05, 0.1) is 18.6 Å². The van der Waals surface area contributed by atoms with E-state index in [1.54, 1.807) is 0 Å². The van der Waals surface area contributed by atoms with E-state index in [0.29, 0.717) is 0 Å². The number of hydrogen-bond donors (Lipinski definition) is 0. The van der Waals surface area contributed by atoms with Gasteiger partial charge in [0.1, 0.15) is 0 Å². The summed E-state index contributed by atoms with van der Waals surface area (Å²) in [5.74, 6) is 0. The second kappa shape index (κ2) is 3.40. The predicted molar refractivity (Wildman–Crippen MR) is 37.5 cm³/mol. The lowest BCUT2D eigenvalue weighted by Gasteiger charge is -1.81. The van der Waals surface area contributed by atoms with Crippen LogP contribution in [-0.2, 0) is 0 Å². The maximum absolute atomic E-state index is 3.06. The third-order valence-corrected chi connectivity index (χ3v) is 1.40. The van der Waals surface area contributed by atoms with Gasteiger partial charge in [-0.25, -0.2) is 0 Å². The monoisotopic (exact) mass is 109 g/mol. The van der Waals surface area contributed by atoms with Crippen molar-refractivity contribution in [2.24, 2.45) is 0 Å². The summed E-state index contributed by atoms with van der Waals surface area (Å²) >= 11 is 0. The average molecular weight is 109 g/mol. The van der Waals surface area contributed by atoms with E-state index in [2.05, 4.69) is 26.0 Å². The molecule has 0 aliphatic rings. The Kier molecular flexibility index (Phi) is 3.14. The van der Waals surface area contributed by atoms with Crippen LogP contribution in [0.15, 0.2) is 17.2 Å². The van der Waals surface area contributed by atoms with Crippen LogP contribution in [0.1, 0.15) is 27.7 Å². The van der Waals surface area contributed by atoms with Crippen LogP contribution in [-0.4, -0.2) is 0 Å². The van der Waals surface area contributed by atoms with Gasteiger partial charge in [-0.1, -0.05) is 0 Å². The van der Waals surface area contributed by atoms with Gasteiger partial charge in [-0.05, 0) is 13.0 Å². The molecule has 0 heteroatoms. The standard InChI is InChI=1S/C8H13/c1-5-7(3)8(4)6-2/h5H,1-4H3/q+1. The lowest BCUT2D eigenvalue weighted by atomic mass is 10.1. The van der Waals surface area contributed by atoms with Crippen LogP contribution in [0.25, 0.3) is 0 Å². The van der Waals surface area contributed by atoms with Crippen molar-refractivity contribution in [1.29, 1.82) is 0 Å². The van der Waals surface area contributed by atoms with Gasteiger partial charge in [0.15, 0.2) is 5.57 Å². The van der Waals surface area contributed by atoms with Gasteiger partial charge in [0.25, 0.3) is 0 Å². The van der Waals surface area contributed by atoms with Gasteiger partial charge in [-0.15, -0.1) is 0 Å². The Balaban J connectivity index is 4.04. The van der Waals surface area contributed by atoms with Crippen molar-refractivity contribution in [2.75, 3.05) is 0 Å². The zero-order chi connectivity index (χ0) is 6.57. The van der Waals surface area contributed by atoms with Crippen LogP contribution in [0.3, 0.4) is 0 Å². The molecular formula is C8H13+. The summed E-state index contributed by atoms with van der Waals surface area (Å²) in [5, 5.41) is 0. The molecule has 0 aliphatic carbocycles. The Morgan fingerprint density at radius 2 is 1.88 bits per heavy atom. The summed E-state index contributed by atoms with van der Waals surface area (Å²) in [6.07, 6.45) is 5.15. The number of rotatable bonds is 1. The van der Waals surface area contributed by atoms with Crippen molar-refractivity contribution in [3.8, 4) is 0 Å². The van der Waals surface area contributed by atoms with Gasteiger partial charge < -0.3 is 0 Å². The first kappa shape index (κ1) is 7.39. The van der Waals surface area contributed by atoms with Crippen molar-refractivity contribution in [3.63, 3.8) is 0 Å². The average Bonchev–Trinajstić information content (AvgIpc) is 1.84. The van der Waals surface area contributed by atoms with E-state index in [4.69, 9.17) is 0 Å². The first-order valence-corrected chi connectivity index (χ1v) is 2.87. The molecule has 0 aromatic heterocycles. The fraction of sp³-hybridized carbons (Fsp3) is 0.500. The molecular weight excluding hydrogens is 96.1 g/mol. The molecule has 44 valence electrons. The summed E-state index contributed by atoms with van der Waals surface area (Å²) in [6, 6.07) is 0. The van der Waals surface area contributed by atoms with Crippen molar-refractivity contribution in [2.45, 2.75) is 27.7 Å². The topological polar surface area (TPSA) is 0 Å². The summed E-state index contributed by atoms with van der Waals surface area (Å²) in [7, 11) is 0. The Bertz CT molecular complexity index is 100. The Labute approximate surface area is 51.9 Å². The smallest absolute Gasteiger partial charge is 0.0273 e. The second-order valence-electron chi connectivity index (χ2n) is 1.85. The molecule has 0 unspecified atom stereocenters. The van der Waals surface area contributed by atoms with Crippen molar-refractivity contribution < 1.29 is 0 Å². The first-order chi connectivity index (χ1) is 3.72. The van der Waals surface area contributed by atoms with Gasteiger partial charge in [-0.3, -0.25) is 0 Å². The minimum absolute atomic E-state index is 1.24. The lowest BCUT2D eigenvalue weighted by Crippen LogP contribution is -1.75. The molecule has 0 aromatic rings. The zero-order valence-electron chi connectivity index (χ0n) is 6.08. The molecule has 0 N–H and O–H groups in total. The maximum atomic E-state index is 3.06. The SMILES string of the molecule is C[C+]=C(C)C(C)=CC. The molecule has 0 bridgehead atoms. The molecule has 0 aromatic carbocycles. The maximum Gasteiger partial charge on any atom is 0.165 e. The molecule has 0 heterocycles. The highest BCUT2D eigenvalue weighted by molar-refractivity contribution is 5.23. The molecule has 0 atom stereocenters. The fourth-order valence-corrected chi connectivity index (χ4v) is 0.414. The minimum Gasteiger partial charge on any atom is -0.0273 e. The van der Waals surface area contributed by atoms with Gasteiger partial charge >= 0.3 is 0 Å². The van der Waals surface area contributed by atoms with Crippen LogP contribution in [0.2, 0.25) is 0 Å². The van der Waals surface area contributed by atoms with E-state index in [-0.39, 0.29) is 0 Å². The number of allylic oxidation sites excluding steroid dienone is 4. The van der Waals surface area contributed by atoms with E-state index in [1.165, 1.54) is 11.1 Å². The molecule has 0 saturated heterocycles. The Hall–Kier alpha value is -0.610. The third-order valence-electron chi connectivity index (χ3n) is 1.40. The highest BCUT2D eigenvalue weighted by Crippen LogP contribution is 2.04. The van der Waals surface area contributed by atoms with E-state index in [9.17, 15) is 0 Å². The van der Waals surface area contributed by atoms with Crippen LogP contribution in [0.4, 0.5) is 0 Å². The fourth-order valence-electron chi connectivity index (χ4n) is 0.414. The highest BCUT2D eigenvalue weighted by Gasteiger charge is 1.99. The van der Waals surface area contributed by atoms with Gasteiger partial charge in [0.2, 0.25) is 0 Å². The normalized spacial score (nSPS) is 13.5. The molecule has 0 aliphatic heterocycles. The Morgan fingerprint density at radius 3 is 2.00 bits per heavy atom. The first-order valence-electron chi connectivity index (χ1n) is 2.87. The molecule has 8 heavy (non-hydrogen) atoms. The van der Waals surface area contributed by atoms with E-state index in [1.807, 2.05) is 13.8 Å². The number of hydrogen-bond acceptors (Lipinski definition) is 0. The molecule has 0 saturated carbocycles. The molecule has 0 radical (unpaired) electrons. The minimum atomic E-state index is 1.24. The summed E-state index contributed by atoms with van der Waals surface area (Å²) < 4.78 is 0. The Morgan fingerprint density at radius 1 is 1.38 bits per heavy atom. The summed E-state index contributed by atoms with van der Waals surface area (Å²) in [5.41, 5.74) is 2.56. The van der Waals surface area contributed by atoms with Crippen molar-refractivity contribution in [1.82, 2.24) is 0 Å². The van der Waals surface area contributed by atoms with E-state index in [0.717, 1.165) is 0 Å². The lowest BCUT2D eigenvalue weighted by molar-refractivity contribution is 1.29. The molecule has 0 fully saturated rings. The highest BCUT2D eigenvalue weighted by atomic mass is 13.9. The van der Waals surface area contributed by atoms with Gasteiger partial charge in [-0.2, -0.15) is 0 Å². The van der Waals surface area contributed by atoms with Crippen molar-refractivity contribution in [3.05, 3.63) is 23.3 Å². The second-order valence-corrected chi connectivity index (χ2v) is 1.85. The van der Waals surface area contributed by atoms with Crippen LogP contribution in [0, 0.1) is 6.08 Å². The third kappa shape index (κ3) is 1.90. The van der Waals surface area contributed by atoms with Crippen LogP contribution in [0.5, 0.6) is 0 Å². The largest absolute Gasteiger partial charge is 0.165 e. The van der Waals surface area contributed by atoms with Crippen LogP contribution < -0.4 is 0 Å².